The van der Waals surface area contributed by atoms with E-state index in [0.29, 0.717) is 13.1 Å². The van der Waals surface area contributed by atoms with Gasteiger partial charge in [0, 0.05) is 31.7 Å². The molecule has 0 spiro atoms. The van der Waals surface area contributed by atoms with Crippen molar-refractivity contribution in [3.63, 3.8) is 0 Å². The van der Waals surface area contributed by atoms with Crippen LogP contribution in [0, 0.1) is 0 Å². The van der Waals surface area contributed by atoms with Crippen LogP contribution in [0.3, 0.4) is 0 Å². The van der Waals surface area contributed by atoms with Crippen LogP contribution in [0.1, 0.15) is 5.56 Å². The number of para-hydroxylation sites is 1. The second-order valence-electron chi connectivity index (χ2n) is 4.39. The van der Waals surface area contributed by atoms with E-state index in [1.165, 1.54) is 6.26 Å². The summed E-state index contributed by atoms with van der Waals surface area (Å²) in [7, 11) is -2.91. The molecule has 0 radical (unpaired) electrons. The Kier molecular flexibility index (Phi) is 4.34. The first-order valence-corrected chi connectivity index (χ1v) is 8.09. The van der Waals surface area contributed by atoms with Crippen molar-refractivity contribution in [2.75, 3.05) is 18.6 Å². The van der Waals surface area contributed by atoms with Crippen LogP contribution < -0.4 is 5.32 Å². The lowest BCUT2D eigenvalue weighted by Crippen LogP contribution is -2.22. The summed E-state index contributed by atoms with van der Waals surface area (Å²) in [6, 6.07) is 9.77. The van der Waals surface area contributed by atoms with Crippen LogP contribution in [0.2, 0.25) is 0 Å². The van der Waals surface area contributed by atoms with Gasteiger partial charge in [0.2, 0.25) is 0 Å². The molecule has 0 saturated heterocycles. The molecule has 1 aromatic carbocycles. The zero-order valence-corrected chi connectivity index (χ0v) is 11.6. The van der Waals surface area contributed by atoms with Crippen molar-refractivity contribution in [2.24, 2.45) is 0 Å². The minimum Gasteiger partial charge on any atom is -0.312 e. The Labute approximate surface area is 113 Å². The van der Waals surface area contributed by atoms with Gasteiger partial charge >= 0.3 is 0 Å². The van der Waals surface area contributed by atoms with Crippen LogP contribution >= 0.6 is 0 Å². The molecule has 1 heterocycles. The Morgan fingerprint density at radius 1 is 1.26 bits per heavy atom. The third-order valence-electron chi connectivity index (χ3n) is 2.71. The first-order chi connectivity index (χ1) is 9.06. The minimum absolute atomic E-state index is 0.150. The second kappa shape index (κ2) is 5.99. The van der Waals surface area contributed by atoms with Gasteiger partial charge in [-0.25, -0.2) is 13.1 Å². The van der Waals surface area contributed by atoms with Gasteiger partial charge in [-0.05, 0) is 17.7 Å². The topological polar surface area (TPSA) is 64.0 Å². The van der Waals surface area contributed by atoms with Crippen LogP contribution in [0.25, 0.3) is 5.69 Å². The van der Waals surface area contributed by atoms with Gasteiger partial charge in [0.05, 0.1) is 11.4 Å². The molecular formula is C13H17N3O2S. The molecule has 0 aliphatic heterocycles. The average molecular weight is 279 g/mol. The highest BCUT2D eigenvalue weighted by Crippen LogP contribution is 2.12. The summed E-state index contributed by atoms with van der Waals surface area (Å²) in [6.45, 7) is 1.07. The Morgan fingerprint density at radius 2 is 2.05 bits per heavy atom. The quantitative estimate of drug-likeness (QED) is 0.801. The first-order valence-electron chi connectivity index (χ1n) is 6.02. The number of hydrogen-bond acceptors (Lipinski definition) is 4. The summed E-state index contributed by atoms with van der Waals surface area (Å²) in [5, 5.41) is 7.35. The fraction of sp³-hybridized carbons (Fsp3) is 0.308. The zero-order chi connectivity index (χ0) is 13.7. The standard InChI is InChI=1S/C13H17N3O2S/c1-19(17,18)10-8-14-11-12-5-2-3-6-13(12)16-9-4-7-15-16/h2-7,9,14H,8,10-11H2,1H3. The van der Waals surface area contributed by atoms with Crippen LogP contribution in [-0.4, -0.2) is 36.8 Å². The van der Waals surface area contributed by atoms with E-state index in [1.807, 2.05) is 36.5 Å². The number of aromatic nitrogens is 2. The van der Waals surface area contributed by atoms with E-state index in [2.05, 4.69) is 10.4 Å². The van der Waals surface area contributed by atoms with Gasteiger partial charge in [-0.1, -0.05) is 18.2 Å². The van der Waals surface area contributed by atoms with E-state index >= 15 is 0 Å². The summed E-state index contributed by atoms with van der Waals surface area (Å²) in [6.07, 6.45) is 4.86. The molecule has 0 saturated carbocycles. The van der Waals surface area contributed by atoms with Crippen molar-refractivity contribution in [2.45, 2.75) is 6.54 Å². The highest BCUT2D eigenvalue weighted by atomic mass is 32.2. The third-order valence-corrected chi connectivity index (χ3v) is 3.65. The largest absolute Gasteiger partial charge is 0.312 e. The molecule has 6 heteroatoms. The third kappa shape index (κ3) is 4.18. The maximum absolute atomic E-state index is 11.0. The first kappa shape index (κ1) is 13.8. The fourth-order valence-electron chi connectivity index (χ4n) is 1.78. The van der Waals surface area contributed by atoms with Gasteiger partial charge in [0.1, 0.15) is 9.84 Å². The molecule has 0 amide bonds. The van der Waals surface area contributed by atoms with E-state index in [0.717, 1.165) is 11.3 Å². The van der Waals surface area contributed by atoms with Crippen molar-refractivity contribution >= 4 is 9.84 Å². The molecule has 0 aliphatic rings. The summed E-state index contributed by atoms with van der Waals surface area (Å²) in [5.41, 5.74) is 2.08. The van der Waals surface area contributed by atoms with Gasteiger partial charge < -0.3 is 5.32 Å². The van der Waals surface area contributed by atoms with Crippen LogP contribution in [-0.2, 0) is 16.4 Å². The molecule has 0 fully saturated rings. The van der Waals surface area contributed by atoms with E-state index in [4.69, 9.17) is 0 Å². The Bertz CT molecular complexity index is 621. The Morgan fingerprint density at radius 3 is 2.74 bits per heavy atom. The number of nitrogens with zero attached hydrogens (tertiary/aromatic N) is 2. The molecule has 1 aromatic heterocycles. The maximum atomic E-state index is 11.0. The van der Waals surface area contributed by atoms with E-state index < -0.39 is 9.84 Å². The number of hydrogen-bond donors (Lipinski definition) is 1. The van der Waals surface area contributed by atoms with Gasteiger partial charge in [0.15, 0.2) is 0 Å². The highest BCUT2D eigenvalue weighted by Gasteiger charge is 2.05. The molecule has 0 unspecified atom stereocenters. The summed E-state index contributed by atoms with van der Waals surface area (Å²) in [4.78, 5) is 0. The Balaban J connectivity index is 2.01. The monoisotopic (exact) mass is 279 g/mol. The lowest BCUT2D eigenvalue weighted by molar-refractivity contribution is 0.596. The molecular weight excluding hydrogens is 262 g/mol. The van der Waals surface area contributed by atoms with Gasteiger partial charge in [-0.3, -0.25) is 0 Å². The smallest absolute Gasteiger partial charge is 0.148 e. The van der Waals surface area contributed by atoms with Gasteiger partial charge in [0.25, 0.3) is 0 Å². The molecule has 19 heavy (non-hydrogen) atoms. The highest BCUT2D eigenvalue weighted by molar-refractivity contribution is 7.90. The summed E-state index contributed by atoms with van der Waals surface area (Å²) >= 11 is 0. The van der Waals surface area contributed by atoms with E-state index in [1.54, 1.807) is 10.9 Å². The van der Waals surface area contributed by atoms with Crippen molar-refractivity contribution in [1.29, 1.82) is 0 Å². The average Bonchev–Trinajstić information content (AvgIpc) is 2.88. The normalized spacial score (nSPS) is 11.6. The van der Waals surface area contributed by atoms with Gasteiger partial charge in [-0.2, -0.15) is 5.10 Å². The molecule has 0 atom stereocenters. The Hall–Kier alpha value is -1.66. The zero-order valence-electron chi connectivity index (χ0n) is 10.8. The predicted octanol–water partition coefficient (Wildman–Crippen LogP) is 1.01. The molecule has 5 nitrogen and oxygen atoms in total. The van der Waals surface area contributed by atoms with Crippen molar-refractivity contribution < 1.29 is 8.42 Å². The maximum Gasteiger partial charge on any atom is 0.148 e. The second-order valence-corrected chi connectivity index (χ2v) is 6.65. The van der Waals surface area contributed by atoms with E-state index in [-0.39, 0.29) is 5.75 Å². The minimum atomic E-state index is -2.91. The fourth-order valence-corrected chi connectivity index (χ4v) is 2.29. The van der Waals surface area contributed by atoms with Crippen molar-refractivity contribution in [1.82, 2.24) is 15.1 Å². The van der Waals surface area contributed by atoms with Crippen LogP contribution in [0.5, 0.6) is 0 Å². The van der Waals surface area contributed by atoms with Crippen molar-refractivity contribution in [3.8, 4) is 5.69 Å². The SMILES string of the molecule is CS(=O)(=O)CCNCc1ccccc1-n1cccn1. The van der Waals surface area contributed by atoms with Crippen molar-refractivity contribution in [3.05, 3.63) is 48.3 Å². The number of nitrogens with one attached hydrogen (secondary N) is 1. The summed E-state index contributed by atoms with van der Waals surface area (Å²) < 4.78 is 23.9. The molecule has 0 aliphatic carbocycles. The lowest BCUT2D eigenvalue weighted by Gasteiger charge is -2.10. The molecule has 102 valence electrons. The number of rotatable bonds is 6. The van der Waals surface area contributed by atoms with Gasteiger partial charge in [-0.15, -0.1) is 0 Å². The molecule has 2 aromatic rings. The summed E-state index contributed by atoms with van der Waals surface area (Å²) in [5.74, 6) is 0.150. The molecule has 2 rings (SSSR count). The van der Waals surface area contributed by atoms with E-state index in [9.17, 15) is 8.42 Å². The number of sulfone groups is 1. The van der Waals surface area contributed by atoms with Crippen LogP contribution in [0.4, 0.5) is 0 Å². The lowest BCUT2D eigenvalue weighted by atomic mass is 10.2. The number of benzene rings is 1. The molecule has 0 bridgehead atoms. The molecule has 1 N–H and O–H groups in total. The predicted molar refractivity (Wildman–Crippen MR) is 75.0 cm³/mol. The van der Waals surface area contributed by atoms with Crippen LogP contribution in [0.15, 0.2) is 42.7 Å².